The molecule has 2 N–H and O–H groups in total. The van der Waals surface area contributed by atoms with Gasteiger partial charge >= 0.3 is 0 Å². The van der Waals surface area contributed by atoms with Crippen LogP contribution >= 0.6 is 0 Å². The maximum absolute atomic E-state index is 12.5. The van der Waals surface area contributed by atoms with Crippen LogP contribution in [0.25, 0.3) is 0 Å². The Labute approximate surface area is 168 Å². The highest BCUT2D eigenvalue weighted by Crippen LogP contribution is 2.31. The Morgan fingerprint density at radius 2 is 2.03 bits per heavy atom. The number of pyridine rings is 1. The monoisotopic (exact) mass is 397 g/mol. The van der Waals surface area contributed by atoms with E-state index in [1.54, 1.807) is 18.3 Å². The molecule has 0 unspecified atom stereocenters. The van der Waals surface area contributed by atoms with Crippen LogP contribution in [-0.2, 0) is 11.3 Å². The SMILES string of the molecule is O=C(NCc1ccc(N2CCOCC2)nc1)c1ccc(NC2CC2)c([N+](=O)[O-])c1. The molecule has 29 heavy (non-hydrogen) atoms. The van der Waals surface area contributed by atoms with E-state index in [1.807, 2.05) is 12.1 Å². The zero-order valence-corrected chi connectivity index (χ0v) is 16.0. The van der Waals surface area contributed by atoms with Crippen molar-refractivity contribution in [1.29, 1.82) is 0 Å². The van der Waals surface area contributed by atoms with E-state index in [-0.39, 0.29) is 17.2 Å². The normalized spacial score (nSPS) is 16.3. The summed E-state index contributed by atoms with van der Waals surface area (Å²) in [4.78, 5) is 30.0. The predicted octanol–water partition coefficient (Wildman–Crippen LogP) is 2.33. The Kier molecular flexibility index (Phi) is 5.57. The number of hydrogen-bond acceptors (Lipinski definition) is 7. The number of anilines is 2. The van der Waals surface area contributed by atoms with Crippen molar-refractivity contribution in [3.8, 4) is 0 Å². The van der Waals surface area contributed by atoms with E-state index < -0.39 is 4.92 Å². The minimum Gasteiger partial charge on any atom is -0.378 e. The number of nitrogens with zero attached hydrogens (tertiary/aromatic N) is 3. The molecule has 1 aliphatic carbocycles. The topological polar surface area (TPSA) is 110 Å². The van der Waals surface area contributed by atoms with Crippen LogP contribution in [0.1, 0.15) is 28.8 Å². The minimum absolute atomic E-state index is 0.0823. The molecule has 2 aliphatic rings. The summed E-state index contributed by atoms with van der Waals surface area (Å²) >= 11 is 0. The maximum atomic E-state index is 12.5. The first-order chi connectivity index (χ1) is 14.1. The largest absolute Gasteiger partial charge is 0.378 e. The van der Waals surface area contributed by atoms with Crippen molar-refractivity contribution < 1.29 is 14.5 Å². The maximum Gasteiger partial charge on any atom is 0.293 e. The Balaban J connectivity index is 1.37. The summed E-state index contributed by atoms with van der Waals surface area (Å²) in [7, 11) is 0. The van der Waals surface area contributed by atoms with Crippen LogP contribution in [0.3, 0.4) is 0 Å². The molecule has 2 aromatic rings. The number of nitrogens with one attached hydrogen (secondary N) is 2. The fraction of sp³-hybridized carbons (Fsp3) is 0.400. The molecule has 0 bridgehead atoms. The lowest BCUT2D eigenvalue weighted by Gasteiger charge is -2.27. The van der Waals surface area contributed by atoms with Crippen molar-refractivity contribution in [3.05, 3.63) is 57.8 Å². The molecule has 0 radical (unpaired) electrons. The number of rotatable bonds is 7. The van der Waals surface area contributed by atoms with Crippen LogP contribution in [0.4, 0.5) is 17.2 Å². The summed E-state index contributed by atoms with van der Waals surface area (Å²) in [5.41, 5.74) is 1.49. The number of ether oxygens (including phenoxy) is 1. The standard InChI is InChI=1S/C20H23N5O4/c26-20(15-2-5-17(23-16-3-4-16)18(11-15)25(27)28)22-13-14-1-6-19(21-12-14)24-7-9-29-10-8-24/h1-2,5-6,11-12,16,23H,3-4,7-10,13H2,(H,22,26). The second-order valence-corrected chi connectivity index (χ2v) is 7.21. The Bertz CT molecular complexity index is 892. The van der Waals surface area contributed by atoms with E-state index in [0.717, 1.165) is 37.3 Å². The summed E-state index contributed by atoms with van der Waals surface area (Å²) in [6, 6.07) is 8.66. The third-order valence-corrected chi connectivity index (χ3v) is 4.99. The van der Waals surface area contributed by atoms with Gasteiger partial charge in [-0.2, -0.15) is 0 Å². The number of carbonyl (C=O) groups excluding carboxylic acids is 1. The van der Waals surface area contributed by atoms with E-state index in [0.29, 0.717) is 31.5 Å². The van der Waals surface area contributed by atoms with Crippen LogP contribution in [0.2, 0.25) is 0 Å². The van der Waals surface area contributed by atoms with Crippen molar-refractivity contribution in [1.82, 2.24) is 10.3 Å². The highest BCUT2D eigenvalue weighted by Gasteiger charge is 2.25. The molecule has 1 saturated carbocycles. The van der Waals surface area contributed by atoms with Crippen molar-refractivity contribution in [2.75, 3.05) is 36.5 Å². The van der Waals surface area contributed by atoms with Gasteiger partial charge in [-0.1, -0.05) is 6.07 Å². The number of morpholine rings is 1. The lowest BCUT2D eigenvalue weighted by Crippen LogP contribution is -2.36. The Morgan fingerprint density at radius 1 is 1.24 bits per heavy atom. The summed E-state index contributed by atoms with van der Waals surface area (Å²) in [5, 5.41) is 17.3. The molecule has 1 aromatic heterocycles. The average molecular weight is 397 g/mol. The molecule has 1 saturated heterocycles. The molecule has 152 valence electrons. The fourth-order valence-electron chi connectivity index (χ4n) is 3.18. The molecule has 9 nitrogen and oxygen atoms in total. The number of nitro benzene ring substituents is 1. The number of nitro groups is 1. The van der Waals surface area contributed by atoms with Gasteiger partial charge in [0.05, 0.1) is 18.1 Å². The van der Waals surface area contributed by atoms with E-state index in [4.69, 9.17) is 4.74 Å². The number of hydrogen-bond donors (Lipinski definition) is 2. The van der Waals surface area contributed by atoms with Crippen LogP contribution in [-0.4, -0.2) is 48.2 Å². The van der Waals surface area contributed by atoms with E-state index in [1.165, 1.54) is 6.07 Å². The number of aromatic nitrogens is 1. The van der Waals surface area contributed by atoms with Gasteiger partial charge in [-0.25, -0.2) is 4.98 Å². The summed E-state index contributed by atoms with van der Waals surface area (Å²) in [6.07, 6.45) is 3.76. The first-order valence-electron chi connectivity index (χ1n) is 9.71. The van der Waals surface area contributed by atoms with Gasteiger partial charge in [0.25, 0.3) is 11.6 Å². The summed E-state index contributed by atoms with van der Waals surface area (Å²) in [6.45, 7) is 3.31. The van der Waals surface area contributed by atoms with Crippen LogP contribution in [0.15, 0.2) is 36.5 Å². The third kappa shape index (κ3) is 4.80. The zero-order chi connectivity index (χ0) is 20.2. The van der Waals surface area contributed by atoms with Crippen molar-refractivity contribution in [3.63, 3.8) is 0 Å². The Morgan fingerprint density at radius 3 is 2.69 bits per heavy atom. The zero-order valence-electron chi connectivity index (χ0n) is 16.0. The van der Waals surface area contributed by atoms with Crippen molar-refractivity contribution in [2.45, 2.75) is 25.4 Å². The number of carbonyl (C=O) groups is 1. The van der Waals surface area contributed by atoms with Gasteiger partial charge in [0.15, 0.2) is 0 Å². The van der Waals surface area contributed by atoms with Crippen molar-refractivity contribution in [2.24, 2.45) is 0 Å². The highest BCUT2D eigenvalue weighted by atomic mass is 16.6. The molecular formula is C20H23N5O4. The molecule has 1 amide bonds. The minimum atomic E-state index is -0.463. The first kappa shape index (κ1) is 19.1. The van der Waals surface area contributed by atoms with Crippen LogP contribution in [0.5, 0.6) is 0 Å². The van der Waals surface area contributed by atoms with Gasteiger partial charge in [-0.3, -0.25) is 14.9 Å². The lowest BCUT2D eigenvalue weighted by molar-refractivity contribution is -0.384. The van der Waals surface area contributed by atoms with Gasteiger partial charge in [0.1, 0.15) is 11.5 Å². The van der Waals surface area contributed by atoms with Gasteiger partial charge in [0, 0.05) is 43.5 Å². The molecule has 2 fully saturated rings. The van der Waals surface area contributed by atoms with Crippen LogP contribution in [0, 0.1) is 10.1 Å². The number of amides is 1. The lowest BCUT2D eigenvalue weighted by atomic mass is 10.1. The quantitative estimate of drug-likeness (QED) is 0.545. The molecule has 0 spiro atoms. The van der Waals surface area contributed by atoms with Crippen molar-refractivity contribution >= 4 is 23.1 Å². The Hall–Kier alpha value is -3.20. The molecule has 1 aliphatic heterocycles. The van der Waals surface area contributed by atoms with Gasteiger partial charge in [-0.15, -0.1) is 0 Å². The summed E-state index contributed by atoms with van der Waals surface area (Å²) < 4.78 is 5.34. The van der Waals surface area contributed by atoms with E-state index in [2.05, 4.69) is 20.5 Å². The van der Waals surface area contributed by atoms with E-state index in [9.17, 15) is 14.9 Å². The smallest absolute Gasteiger partial charge is 0.293 e. The van der Waals surface area contributed by atoms with Gasteiger partial charge in [-0.05, 0) is 36.6 Å². The molecular weight excluding hydrogens is 374 g/mol. The molecule has 0 atom stereocenters. The molecule has 2 heterocycles. The first-order valence-corrected chi connectivity index (χ1v) is 9.71. The number of benzene rings is 1. The molecule has 9 heteroatoms. The fourth-order valence-corrected chi connectivity index (χ4v) is 3.18. The van der Waals surface area contributed by atoms with Crippen LogP contribution < -0.4 is 15.5 Å². The third-order valence-electron chi connectivity index (χ3n) is 4.99. The second kappa shape index (κ2) is 8.44. The predicted molar refractivity (Wildman–Crippen MR) is 108 cm³/mol. The van der Waals surface area contributed by atoms with Gasteiger partial charge < -0.3 is 20.3 Å². The second-order valence-electron chi connectivity index (χ2n) is 7.21. The molecule has 1 aromatic carbocycles. The highest BCUT2D eigenvalue weighted by molar-refractivity contribution is 5.95. The van der Waals surface area contributed by atoms with Gasteiger partial charge in [0.2, 0.25) is 0 Å². The van der Waals surface area contributed by atoms with E-state index >= 15 is 0 Å². The average Bonchev–Trinajstić information content (AvgIpc) is 3.57. The summed E-state index contributed by atoms with van der Waals surface area (Å²) in [5.74, 6) is 0.529. The molecule has 4 rings (SSSR count).